The van der Waals surface area contributed by atoms with Crippen LogP contribution in [0.4, 0.5) is 11.5 Å². The Kier molecular flexibility index (Phi) is 3.17. The molecule has 0 spiro atoms. The second kappa shape index (κ2) is 4.94. The van der Waals surface area contributed by atoms with E-state index >= 15 is 0 Å². The van der Waals surface area contributed by atoms with Crippen LogP contribution in [-0.2, 0) is 6.54 Å². The van der Waals surface area contributed by atoms with Gasteiger partial charge in [0.2, 0.25) is 0 Å². The predicted molar refractivity (Wildman–Crippen MR) is 64.9 cm³/mol. The first kappa shape index (κ1) is 10.9. The maximum atomic E-state index is 8.58. The second-order valence-corrected chi connectivity index (χ2v) is 3.45. The fourth-order valence-electron chi connectivity index (χ4n) is 1.36. The molecule has 5 heteroatoms. The number of hydrogen-bond donors (Lipinski definition) is 2. The van der Waals surface area contributed by atoms with Crippen molar-refractivity contribution in [3.63, 3.8) is 0 Å². The highest BCUT2D eigenvalue weighted by Gasteiger charge is 1.99. The smallest absolute Gasteiger partial charge is 0.158 e. The van der Waals surface area contributed by atoms with E-state index in [9.17, 15) is 0 Å². The standard InChI is InChI=1S/C12H11N5/c13-5-10-7-17-12(8-15-10)16-6-9-3-1-2-4-11(9)14/h1-4,7-8H,6,14H2,(H,16,17). The number of hydrogen-bond acceptors (Lipinski definition) is 5. The SMILES string of the molecule is N#Cc1cnc(NCc2ccccc2N)cn1. The van der Waals surface area contributed by atoms with E-state index in [1.54, 1.807) is 0 Å². The van der Waals surface area contributed by atoms with Crippen LogP contribution in [0, 0.1) is 11.3 Å². The van der Waals surface area contributed by atoms with Gasteiger partial charge in [0.25, 0.3) is 0 Å². The van der Waals surface area contributed by atoms with Crippen molar-refractivity contribution in [2.45, 2.75) is 6.54 Å². The highest BCUT2D eigenvalue weighted by atomic mass is 15.0. The van der Waals surface area contributed by atoms with Crippen LogP contribution in [0.2, 0.25) is 0 Å². The number of aromatic nitrogens is 2. The fraction of sp³-hybridized carbons (Fsp3) is 0.0833. The van der Waals surface area contributed by atoms with Gasteiger partial charge >= 0.3 is 0 Å². The maximum Gasteiger partial charge on any atom is 0.158 e. The minimum atomic E-state index is 0.301. The molecule has 17 heavy (non-hydrogen) atoms. The number of para-hydroxylation sites is 1. The molecule has 3 N–H and O–H groups in total. The quantitative estimate of drug-likeness (QED) is 0.773. The van der Waals surface area contributed by atoms with E-state index in [4.69, 9.17) is 11.0 Å². The Labute approximate surface area is 98.9 Å². The van der Waals surface area contributed by atoms with Crippen molar-refractivity contribution in [1.29, 1.82) is 5.26 Å². The second-order valence-electron chi connectivity index (χ2n) is 3.45. The summed E-state index contributed by atoms with van der Waals surface area (Å²) in [5.74, 6) is 0.618. The number of nitrogens with two attached hydrogens (primary N) is 1. The monoisotopic (exact) mass is 225 g/mol. The summed E-state index contributed by atoms with van der Waals surface area (Å²) in [6.07, 6.45) is 2.95. The molecular formula is C12H11N5. The van der Waals surface area contributed by atoms with Crippen molar-refractivity contribution in [2.75, 3.05) is 11.1 Å². The molecule has 0 amide bonds. The Morgan fingerprint density at radius 2 is 2.06 bits per heavy atom. The maximum absolute atomic E-state index is 8.58. The van der Waals surface area contributed by atoms with E-state index in [-0.39, 0.29) is 0 Å². The molecule has 84 valence electrons. The van der Waals surface area contributed by atoms with Gasteiger partial charge in [0.15, 0.2) is 5.69 Å². The van der Waals surface area contributed by atoms with Crippen molar-refractivity contribution in [1.82, 2.24) is 9.97 Å². The first-order valence-electron chi connectivity index (χ1n) is 5.09. The lowest BCUT2D eigenvalue weighted by Gasteiger charge is -2.07. The number of nitrogens with one attached hydrogen (secondary N) is 1. The highest BCUT2D eigenvalue weighted by molar-refractivity contribution is 5.48. The van der Waals surface area contributed by atoms with E-state index in [1.807, 2.05) is 30.3 Å². The van der Waals surface area contributed by atoms with Gasteiger partial charge in [0, 0.05) is 12.2 Å². The zero-order valence-corrected chi connectivity index (χ0v) is 9.09. The Morgan fingerprint density at radius 3 is 2.71 bits per heavy atom. The molecule has 0 aliphatic heterocycles. The van der Waals surface area contributed by atoms with E-state index in [2.05, 4.69) is 15.3 Å². The number of nitrogens with zero attached hydrogens (tertiary/aromatic N) is 3. The first-order valence-corrected chi connectivity index (χ1v) is 5.09. The number of benzene rings is 1. The molecule has 1 heterocycles. The predicted octanol–water partition coefficient (Wildman–Crippen LogP) is 1.54. The third-order valence-electron chi connectivity index (χ3n) is 2.28. The van der Waals surface area contributed by atoms with Crippen LogP contribution < -0.4 is 11.1 Å². The zero-order chi connectivity index (χ0) is 12.1. The van der Waals surface area contributed by atoms with Crippen molar-refractivity contribution >= 4 is 11.5 Å². The lowest BCUT2D eigenvalue weighted by atomic mass is 10.2. The highest BCUT2D eigenvalue weighted by Crippen LogP contribution is 2.12. The zero-order valence-electron chi connectivity index (χ0n) is 9.09. The molecule has 0 atom stereocenters. The van der Waals surface area contributed by atoms with E-state index in [1.165, 1.54) is 12.4 Å². The van der Waals surface area contributed by atoms with Crippen LogP contribution in [0.3, 0.4) is 0 Å². The molecule has 0 saturated carbocycles. The topological polar surface area (TPSA) is 87.6 Å². The summed E-state index contributed by atoms with van der Waals surface area (Å²) in [7, 11) is 0. The molecule has 0 fully saturated rings. The molecule has 1 aromatic carbocycles. The third-order valence-corrected chi connectivity index (χ3v) is 2.28. The Morgan fingerprint density at radius 1 is 1.24 bits per heavy atom. The lowest BCUT2D eigenvalue weighted by molar-refractivity contribution is 1.08. The summed E-state index contributed by atoms with van der Waals surface area (Å²) in [4.78, 5) is 7.97. The minimum Gasteiger partial charge on any atom is -0.398 e. The Hall–Kier alpha value is -2.61. The van der Waals surface area contributed by atoms with Crippen molar-refractivity contribution < 1.29 is 0 Å². The van der Waals surface area contributed by atoms with Gasteiger partial charge in [0.1, 0.15) is 11.9 Å². The minimum absolute atomic E-state index is 0.301. The molecule has 2 rings (SSSR count). The summed E-state index contributed by atoms with van der Waals surface area (Å²) in [5, 5.41) is 11.7. The van der Waals surface area contributed by atoms with Gasteiger partial charge in [-0.3, -0.25) is 0 Å². The summed E-state index contributed by atoms with van der Waals surface area (Å²) in [6, 6.07) is 9.53. The molecule has 0 aliphatic rings. The van der Waals surface area contributed by atoms with Crippen molar-refractivity contribution in [3.8, 4) is 6.07 Å². The lowest BCUT2D eigenvalue weighted by Crippen LogP contribution is -2.04. The summed E-state index contributed by atoms with van der Waals surface area (Å²) >= 11 is 0. The number of nitriles is 1. The summed E-state index contributed by atoms with van der Waals surface area (Å²) < 4.78 is 0. The molecule has 0 radical (unpaired) electrons. The molecule has 5 nitrogen and oxygen atoms in total. The normalized spacial score (nSPS) is 9.59. The number of anilines is 2. The van der Waals surface area contributed by atoms with Crippen LogP contribution >= 0.6 is 0 Å². The van der Waals surface area contributed by atoms with Gasteiger partial charge in [-0.1, -0.05) is 18.2 Å². The molecular weight excluding hydrogens is 214 g/mol. The molecule has 2 aromatic rings. The van der Waals surface area contributed by atoms with Crippen molar-refractivity contribution in [3.05, 3.63) is 47.9 Å². The molecule has 0 unspecified atom stereocenters. The van der Waals surface area contributed by atoms with Crippen LogP contribution in [0.1, 0.15) is 11.3 Å². The average Bonchev–Trinajstić information content (AvgIpc) is 2.38. The van der Waals surface area contributed by atoms with Gasteiger partial charge in [0.05, 0.1) is 12.4 Å². The van der Waals surface area contributed by atoms with Crippen LogP contribution in [0.5, 0.6) is 0 Å². The number of rotatable bonds is 3. The molecule has 1 aromatic heterocycles. The third kappa shape index (κ3) is 2.69. The first-order chi connectivity index (χ1) is 8.29. The van der Waals surface area contributed by atoms with Crippen LogP contribution in [0.15, 0.2) is 36.7 Å². The van der Waals surface area contributed by atoms with Gasteiger partial charge in [-0.2, -0.15) is 5.26 Å². The number of nitrogen functional groups attached to an aromatic ring is 1. The van der Waals surface area contributed by atoms with Gasteiger partial charge in [-0.05, 0) is 11.6 Å². The van der Waals surface area contributed by atoms with Crippen LogP contribution in [0.25, 0.3) is 0 Å². The van der Waals surface area contributed by atoms with Gasteiger partial charge < -0.3 is 11.1 Å². The van der Waals surface area contributed by atoms with E-state index in [0.29, 0.717) is 18.1 Å². The largest absolute Gasteiger partial charge is 0.398 e. The Balaban J connectivity index is 2.03. The summed E-state index contributed by atoms with van der Waals surface area (Å²) in [6.45, 7) is 0.577. The van der Waals surface area contributed by atoms with E-state index < -0.39 is 0 Å². The molecule has 0 aliphatic carbocycles. The Bertz CT molecular complexity index is 542. The van der Waals surface area contributed by atoms with Gasteiger partial charge in [-0.25, -0.2) is 9.97 Å². The molecule has 0 saturated heterocycles. The van der Waals surface area contributed by atoms with Crippen LogP contribution in [-0.4, -0.2) is 9.97 Å². The molecule has 0 bridgehead atoms. The van der Waals surface area contributed by atoms with Gasteiger partial charge in [-0.15, -0.1) is 0 Å². The summed E-state index contributed by atoms with van der Waals surface area (Å²) in [5.41, 5.74) is 7.85. The van der Waals surface area contributed by atoms with Crippen molar-refractivity contribution in [2.24, 2.45) is 0 Å². The average molecular weight is 225 g/mol. The van der Waals surface area contributed by atoms with E-state index in [0.717, 1.165) is 11.3 Å². The fourth-order valence-corrected chi connectivity index (χ4v) is 1.36.